The highest BCUT2D eigenvalue weighted by atomic mass is 15.5. The Morgan fingerprint density at radius 3 is 2.81 bits per heavy atom. The van der Waals surface area contributed by atoms with E-state index in [0.717, 1.165) is 41.9 Å². The van der Waals surface area contributed by atoms with Crippen LogP contribution in [0.4, 0.5) is 5.69 Å². The van der Waals surface area contributed by atoms with Crippen LogP contribution in [0.25, 0.3) is 11.4 Å². The molecule has 0 bridgehead atoms. The minimum Gasteiger partial charge on any atom is -0.399 e. The van der Waals surface area contributed by atoms with Crippen LogP contribution in [0.1, 0.15) is 39.0 Å². The monoisotopic (exact) mass is 285 g/mol. The zero-order valence-corrected chi connectivity index (χ0v) is 12.6. The van der Waals surface area contributed by atoms with Crippen molar-refractivity contribution in [2.45, 2.75) is 45.6 Å². The van der Waals surface area contributed by atoms with Crippen LogP contribution in [0.5, 0.6) is 0 Å². The van der Waals surface area contributed by atoms with E-state index >= 15 is 0 Å². The van der Waals surface area contributed by atoms with Crippen molar-refractivity contribution in [2.24, 2.45) is 11.8 Å². The van der Waals surface area contributed by atoms with Crippen molar-refractivity contribution in [1.82, 2.24) is 20.2 Å². The van der Waals surface area contributed by atoms with E-state index in [2.05, 4.69) is 22.4 Å². The summed E-state index contributed by atoms with van der Waals surface area (Å²) in [7, 11) is 0. The second-order valence-electron chi connectivity index (χ2n) is 6.27. The zero-order chi connectivity index (χ0) is 14.7. The van der Waals surface area contributed by atoms with Gasteiger partial charge >= 0.3 is 0 Å². The summed E-state index contributed by atoms with van der Waals surface area (Å²) in [5.41, 5.74) is 7.51. The Kier molecular flexibility index (Phi) is 4.18. The molecule has 1 aromatic carbocycles. The largest absolute Gasteiger partial charge is 0.399 e. The fourth-order valence-corrected chi connectivity index (χ4v) is 3.32. The van der Waals surface area contributed by atoms with Crippen molar-refractivity contribution in [3.8, 4) is 11.4 Å². The Balaban J connectivity index is 1.66. The first-order valence-corrected chi connectivity index (χ1v) is 7.84. The van der Waals surface area contributed by atoms with Crippen LogP contribution in [-0.4, -0.2) is 20.2 Å². The highest BCUT2D eigenvalue weighted by Gasteiger charge is 2.19. The van der Waals surface area contributed by atoms with Crippen molar-refractivity contribution in [1.29, 1.82) is 0 Å². The maximum atomic E-state index is 5.73. The fraction of sp³-hybridized carbons (Fsp3) is 0.562. The third-order valence-corrected chi connectivity index (χ3v) is 4.49. The van der Waals surface area contributed by atoms with E-state index in [4.69, 9.17) is 5.73 Å². The van der Waals surface area contributed by atoms with Crippen molar-refractivity contribution in [2.75, 3.05) is 5.73 Å². The minimum absolute atomic E-state index is 0.758. The Morgan fingerprint density at radius 2 is 2.05 bits per heavy atom. The van der Waals surface area contributed by atoms with Gasteiger partial charge in [0, 0.05) is 17.8 Å². The van der Waals surface area contributed by atoms with Crippen molar-refractivity contribution in [3.05, 3.63) is 24.3 Å². The van der Waals surface area contributed by atoms with Gasteiger partial charge in [-0.3, -0.25) is 0 Å². The van der Waals surface area contributed by atoms with Crippen LogP contribution < -0.4 is 5.73 Å². The average molecular weight is 285 g/mol. The van der Waals surface area contributed by atoms with Crippen molar-refractivity contribution >= 4 is 5.69 Å². The van der Waals surface area contributed by atoms with Gasteiger partial charge in [-0.2, -0.15) is 0 Å². The standard InChI is InChI=1S/C16H23N5/c1-12-3-2-4-13(11-12)9-10-21-16(18-19-20-21)14-5-7-15(17)8-6-14/h5-8,12-13H,2-4,9-11,17H2,1H3. The molecule has 1 fully saturated rings. The van der Waals surface area contributed by atoms with Gasteiger partial charge in [-0.25, -0.2) is 4.68 Å². The van der Waals surface area contributed by atoms with Gasteiger partial charge in [0.05, 0.1) is 0 Å². The Bertz CT molecular complexity index is 575. The molecule has 1 saturated carbocycles. The number of aryl methyl sites for hydroxylation is 1. The highest BCUT2D eigenvalue weighted by Crippen LogP contribution is 2.31. The lowest BCUT2D eigenvalue weighted by atomic mass is 9.81. The number of nitrogens with two attached hydrogens (primary N) is 1. The molecular weight excluding hydrogens is 262 g/mol. The zero-order valence-electron chi connectivity index (χ0n) is 12.6. The molecule has 2 unspecified atom stereocenters. The number of aromatic nitrogens is 4. The van der Waals surface area contributed by atoms with Gasteiger partial charge in [-0.05, 0) is 59.4 Å². The van der Waals surface area contributed by atoms with Gasteiger partial charge in [-0.15, -0.1) is 5.10 Å². The van der Waals surface area contributed by atoms with Crippen molar-refractivity contribution in [3.63, 3.8) is 0 Å². The van der Waals surface area contributed by atoms with E-state index in [0.29, 0.717) is 0 Å². The molecule has 1 aromatic heterocycles. The number of nitrogens with zero attached hydrogens (tertiary/aromatic N) is 4. The molecule has 5 nitrogen and oxygen atoms in total. The van der Waals surface area contributed by atoms with Crippen LogP contribution in [0, 0.1) is 11.8 Å². The Hall–Kier alpha value is -1.91. The average Bonchev–Trinajstić information content (AvgIpc) is 2.94. The summed E-state index contributed by atoms with van der Waals surface area (Å²) in [6.07, 6.45) is 6.62. The summed E-state index contributed by atoms with van der Waals surface area (Å²) in [6, 6.07) is 7.72. The normalized spacial score (nSPS) is 22.3. The van der Waals surface area contributed by atoms with Crippen LogP contribution in [0.3, 0.4) is 0 Å². The molecule has 0 aliphatic heterocycles. The third kappa shape index (κ3) is 3.40. The first-order chi connectivity index (χ1) is 10.2. The lowest BCUT2D eigenvalue weighted by molar-refractivity contribution is 0.258. The summed E-state index contributed by atoms with van der Waals surface area (Å²) < 4.78 is 1.92. The number of hydrogen-bond acceptors (Lipinski definition) is 4. The van der Waals surface area contributed by atoms with Crippen LogP contribution >= 0.6 is 0 Å². The number of hydrogen-bond donors (Lipinski definition) is 1. The van der Waals surface area contributed by atoms with E-state index in [1.54, 1.807) is 0 Å². The third-order valence-electron chi connectivity index (χ3n) is 4.49. The van der Waals surface area contributed by atoms with Crippen LogP contribution in [0.2, 0.25) is 0 Å². The fourth-order valence-electron chi connectivity index (χ4n) is 3.32. The first kappa shape index (κ1) is 14.0. The topological polar surface area (TPSA) is 69.6 Å². The summed E-state index contributed by atoms with van der Waals surface area (Å²) >= 11 is 0. The molecule has 2 aromatic rings. The number of rotatable bonds is 4. The maximum Gasteiger partial charge on any atom is 0.182 e. The number of nitrogen functional groups attached to an aromatic ring is 1. The predicted octanol–water partition coefficient (Wildman–Crippen LogP) is 3.14. The molecule has 1 heterocycles. The molecule has 21 heavy (non-hydrogen) atoms. The first-order valence-electron chi connectivity index (χ1n) is 7.84. The van der Waals surface area contributed by atoms with Gasteiger partial charge in [-0.1, -0.05) is 26.2 Å². The maximum absolute atomic E-state index is 5.73. The SMILES string of the molecule is CC1CCCC(CCn2nnnc2-c2ccc(N)cc2)C1. The quantitative estimate of drug-likeness (QED) is 0.876. The predicted molar refractivity (Wildman–Crippen MR) is 83.4 cm³/mol. The van der Waals surface area contributed by atoms with E-state index in [-0.39, 0.29) is 0 Å². The molecule has 3 rings (SSSR count). The number of tetrazole rings is 1. The summed E-state index contributed by atoms with van der Waals surface area (Å²) in [5.74, 6) is 2.52. The van der Waals surface area contributed by atoms with Gasteiger partial charge in [0.2, 0.25) is 0 Å². The number of benzene rings is 1. The smallest absolute Gasteiger partial charge is 0.182 e. The molecule has 0 radical (unpaired) electrons. The van der Waals surface area contributed by atoms with Gasteiger partial charge in [0.1, 0.15) is 0 Å². The molecule has 2 atom stereocenters. The van der Waals surface area contributed by atoms with Crippen LogP contribution in [-0.2, 0) is 6.54 Å². The van der Waals surface area contributed by atoms with E-state index in [1.165, 1.54) is 25.7 Å². The van der Waals surface area contributed by atoms with Gasteiger partial charge < -0.3 is 5.73 Å². The lowest BCUT2D eigenvalue weighted by Gasteiger charge is -2.26. The molecule has 0 amide bonds. The Labute approximate surface area is 125 Å². The molecule has 5 heteroatoms. The second-order valence-corrected chi connectivity index (χ2v) is 6.27. The number of anilines is 1. The second kappa shape index (κ2) is 6.24. The summed E-state index contributed by atoms with van der Waals surface area (Å²) in [6.45, 7) is 3.26. The van der Waals surface area contributed by atoms with E-state index in [1.807, 2.05) is 28.9 Å². The van der Waals surface area contributed by atoms with Gasteiger partial charge in [0.25, 0.3) is 0 Å². The van der Waals surface area contributed by atoms with E-state index in [9.17, 15) is 0 Å². The minimum atomic E-state index is 0.758. The molecular formula is C16H23N5. The van der Waals surface area contributed by atoms with E-state index < -0.39 is 0 Å². The highest BCUT2D eigenvalue weighted by molar-refractivity contribution is 5.58. The van der Waals surface area contributed by atoms with Crippen molar-refractivity contribution < 1.29 is 0 Å². The molecule has 112 valence electrons. The molecule has 0 saturated heterocycles. The molecule has 2 N–H and O–H groups in total. The summed E-state index contributed by atoms with van der Waals surface area (Å²) in [5, 5.41) is 12.1. The Morgan fingerprint density at radius 1 is 1.24 bits per heavy atom. The summed E-state index contributed by atoms with van der Waals surface area (Å²) in [4.78, 5) is 0. The molecule has 0 spiro atoms. The van der Waals surface area contributed by atoms with Gasteiger partial charge in [0.15, 0.2) is 5.82 Å². The lowest BCUT2D eigenvalue weighted by Crippen LogP contribution is -2.16. The molecule has 1 aliphatic carbocycles. The van der Waals surface area contributed by atoms with Crippen LogP contribution in [0.15, 0.2) is 24.3 Å². The molecule has 1 aliphatic rings.